The highest BCUT2D eigenvalue weighted by atomic mass is 19.4. The van der Waals surface area contributed by atoms with Gasteiger partial charge in [0.2, 0.25) is 0 Å². The Kier molecular flexibility index (Phi) is 4.41. The Labute approximate surface area is 135 Å². The highest BCUT2D eigenvalue weighted by Crippen LogP contribution is 2.41. The molecule has 0 saturated heterocycles. The van der Waals surface area contributed by atoms with Crippen molar-refractivity contribution in [2.45, 2.75) is 12.1 Å². The van der Waals surface area contributed by atoms with E-state index in [4.69, 9.17) is 21.0 Å². The van der Waals surface area contributed by atoms with Gasteiger partial charge in [0, 0.05) is 11.5 Å². The number of alkyl halides is 3. The number of hydrogen-bond acceptors (Lipinski definition) is 4. The Hall–Kier alpha value is -3.55. The first-order valence-electron chi connectivity index (χ1n) is 6.60. The fourth-order valence-electron chi connectivity index (χ4n) is 2.50. The van der Waals surface area contributed by atoms with Crippen LogP contribution in [0.2, 0.25) is 0 Å². The summed E-state index contributed by atoms with van der Waals surface area (Å²) in [6.45, 7) is 0. The van der Waals surface area contributed by atoms with Crippen LogP contribution in [0.25, 0.3) is 5.57 Å². The molecule has 1 aromatic carbocycles. The molecular formula is C17H7F3N4. The number of nitriles is 4. The molecule has 0 aliphatic heterocycles. The normalized spacial score (nSPS) is 15.7. The summed E-state index contributed by atoms with van der Waals surface area (Å²) in [5, 5.41) is 36.1. The van der Waals surface area contributed by atoms with Crippen molar-refractivity contribution in [2.24, 2.45) is 5.92 Å². The van der Waals surface area contributed by atoms with Crippen molar-refractivity contribution in [2.75, 3.05) is 0 Å². The molecule has 1 atom stereocenters. The van der Waals surface area contributed by atoms with Crippen LogP contribution in [0.1, 0.15) is 22.6 Å². The van der Waals surface area contributed by atoms with E-state index in [1.54, 1.807) is 24.3 Å². The van der Waals surface area contributed by atoms with Gasteiger partial charge in [0.25, 0.3) is 0 Å². The van der Waals surface area contributed by atoms with Gasteiger partial charge >= 0.3 is 6.18 Å². The van der Waals surface area contributed by atoms with Crippen LogP contribution in [0.3, 0.4) is 0 Å². The van der Waals surface area contributed by atoms with E-state index in [0.29, 0.717) is 0 Å². The van der Waals surface area contributed by atoms with Crippen LogP contribution in [0.15, 0.2) is 35.9 Å². The largest absolute Gasteiger partial charge is 0.416 e. The minimum Gasteiger partial charge on any atom is -0.197 e. The first-order valence-corrected chi connectivity index (χ1v) is 6.60. The number of rotatable bonds is 1. The van der Waals surface area contributed by atoms with Crippen LogP contribution in [0, 0.1) is 51.2 Å². The van der Waals surface area contributed by atoms with Crippen LogP contribution in [-0.2, 0) is 6.18 Å². The van der Waals surface area contributed by atoms with Crippen molar-refractivity contribution < 1.29 is 13.2 Å². The van der Waals surface area contributed by atoms with Gasteiger partial charge < -0.3 is 0 Å². The molecule has 0 spiro atoms. The smallest absolute Gasteiger partial charge is 0.197 e. The highest BCUT2D eigenvalue weighted by Gasteiger charge is 2.34. The van der Waals surface area contributed by atoms with E-state index in [1.807, 2.05) is 0 Å². The van der Waals surface area contributed by atoms with Crippen molar-refractivity contribution >= 4 is 5.57 Å². The molecule has 0 amide bonds. The zero-order valence-corrected chi connectivity index (χ0v) is 12.0. The van der Waals surface area contributed by atoms with Gasteiger partial charge in [-0.25, -0.2) is 0 Å². The Balaban J connectivity index is 2.78. The number of benzene rings is 1. The van der Waals surface area contributed by atoms with Crippen LogP contribution in [0.4, 0.5) is 13.2 Å². The van der Waals surface area contributed by atoms with Crippen molar-refractivity contribution in [3.63, 3.8) is 0 Å². The summed E-state index contributed by atoms with van der Waals surface area (Å²) in [4.78, 5) is 0. The number of fused-ring (bicyclic) bond motifs is 1. The lowest BCUT2D eigenvalue weighted by Gasteiger charge is -2.24. The lowest BCUT2D eigenvalue weighted by Crippen LogP contribution is -2.15. The minimum absolute atomic E-state index is 0.0958. The molecule has 24 heavy (non-hydrogen) atoms. The van der Waals surface area contributed by atoms with Gasteiger partial charge in [-0.2, -0.15) is 34.2 Å². The zero-order valence-electron chi connectivity index (χ0n) is 12.0. The van der Waals surface area contributed by atoms with Crippen molar-refractivity contribution in [3.8, 4) is 24.3 Å². The molecular weight excluding hydrogens is 317 g/mol. The van der Waals surface area contributed by atoms with E-state index in [9.17, 15) is 13.2 Å². The molecule has 0 saturated carbocycles. The molecule has 0 heterocycles. The second kappa shape index (κ2) is 6.29. The van der Waals surface area contributed by atoms with E-state index >= 15 is 0 Å². The topological polar surface area (TPSA) is 95.2 Å². The molecule has 1 aliphatic carbocycles. The average Bonchev–Trinajstić information content (AvgIpc) is 2.57. The van der Waals surface area contributed by atoms with Gasteiger partial charge in [-0.15, -0.1) is 0 Å². The van der Waals surface area contributed by atoms with Gasteiger partial charge in [-0.3, -0.25) is 0 Å². The Morgan fingerprint density at radius 2 is 1.67 bits per heavy atom. The van der Waals surface area contributed by atoms with Gasteiger partial charge in [-0.05, 0) is 23.3 Å². The maximum Gasteiger partial charge on any atom is 0.416 e. The van der Waals surface area contributed by atoms with Crippen LogP contribution in [-0.4, -0.2) is 0 Å². The summed E-state index contributed by atoms with van der Waals surface area (Å²) in [6.07, 6.45) is -1.82. The summed E-state index contributed by atoms with van der Waals surface area (Å²) in [7, 11) is 0. The van der Waals surface area contributed by atoms with Crippen LogP contribution >= 0.6 is 0 Å². The summed E-state index contributed by atoms with van der Waals surface area (Å²) in [5.74, 6) is -2.06. The molecule has 4 nitrogen and oxygen atoms in total. The maximum absolute atomic E-state index is 13.0. The fraction of sp³-hybridized carbons (Fsp3) is 0.176. The van der Waals surface area contributed by atoms with E-state index < -0.39 is 23.6 Å². The lowest BCUT2D eigenvalue weighted by molar-refractivity contribution is -0.137. The minimum atomic E-state index is -4.59. The molecule has 0 fully saturated rings. The highest BCUT2D eigenvalue weighted by molar-refractivity contribution is 5.85. The van der Waals surface area contributed by atoms with Crippen molar-refractivity contribution in [3.05, 3.63) is 52.6 Å². The standard InChI is InChI=1S/C17H7F3N4/c18-17(19,20)12-1-2-15-13(10(6-21)7-22)3-4-14(16(15)5-12)11(8-23)9-24/h1-5,11,14H. The average molecular weight is 324 g/mol. The van der Waals surface area contributed by atoms with E-state index in [0.717, 1.165) is 18.2 Å². The third kappa shape index (κ3) is 2.84. The Morgan fingerprint density at radius 3 is 2.17 bits per heavy atom. The second-order valence-electron chi connectivity index (χ2n) is 4.93. The molecule has 1 aliphatic rings. The first kappa shape index (κ1) is 16.8. The number of allylic oxidation sites excluding steroid dienone is 4. The summed E-state index contributed by atoms with van der Waals surface area (Å²) >= 11 is 0. The first-order chi connectivity index (χ1) is 11.4. The molecule has 0 N–H and O–H groups in total. The third-order valence-electron chi connectivity index (χ3n) is 3.63. The predicted octanol–water partition coefficient (Wildman–Crippen LogP) is 3.82. The van der Waals surface area contributed by atoms with Gasteiger partial charge in [-0.1, -0.05) is 18.2 Å². The lowest BCUT2D eigenvalue weighted by atomic mass is 9.77. The quantitative estimate of drug-likeness (QED) is 0.734. The number of hydrogen-bond donors (Lipinski definition) is 0. The zero-order chi connectivity index (χ0) is 17.9. The Morgan fingerprint density at radius 1 is 1.04 bits per heavy atom. The molecule has 1 unspecified atom stereocenters. The Bertz CT molecular complexity index is 882. The van der Waals surface area contributed by atoms with Gasteiger partial charge in [0.15, 0.2) is 0 Å². The second-order valence-corrected chi connectivity index (χ2v) is 4.93. The molecule has 7 heteroatoms. The van der Waals surface area contributed by atoms with Gasteiger partial charge in [0.05, 0.1) is 17.7 Å². The fourth-order valence-corrected chi connectivity index (χ4v) is 2.50. The molecule has 1 aromatic rings. The number of nitrogens with zero attached hydrogens (tertiary/aromatic N) is 4. The summed E-state index contributed by atoms with van der Waals surface area (Å²) in [5.41, 5.74) is -0.667. The van der Waals surface area contributed by atoms with Crippen LogP contribution < -0.4 is 0 Å². The molecule has 116 valence electrons. The number of halogens is 3. The maximum atomic E-state index is 13.0. The third-order valence-corrected chi connectivity index (χ3v) is 3.63. The summed E-state index contributed by atoms with van der Waals surface area (Å²) < 4.78 is 38.9. The molecule has 0 bridgehead atoms. The van der Waals surface area contributed by atoms with Gasteiger partial charge in [0.1, 0.15) is 23.6 Å². The van der Waals surface area contributed by atoms with E-state index in [-0.39, 0.29) is 22.3 Å². The van der Waals surface area contributed by atoms with Crippen LogP contribution in [0.5, 0.6) is 0 Å². The van der Waals surface area contributed by atoms with Crippen molar-refractivity contribution in [1.82, 2.24) is 0 Å². The molecule has 0 radical (unpaired) electrons. The monoisotopic (exact) mass is 324 g/mol. The van der Waals surface area contributed by atoms with Crippen molar-refractivity contribution in [1.29, 1.82) is 21.0 Å². The molecule has 0 aromatic heterocycles. The predicted molar refractivity (Wildman–Crippen MR) is 76.2 cm³/mol. The SMILES string of the molecule is N#CC(C#N)=C1C=CC(C(C#N)C#N)c2cc(C(F)(F)F)ccc21. The van der Waals surface area contributed by atoms with E-state index in [1.165, 1.54) is 12.2 Å². The van der Waals surface area contributed by atoms with E-state index in [2.05, 4.69) is 0 Å². The molecule has 2 rings (SSSR count). The summed E-state index contributed by atoms with van der Waals surface area (Å²) in [6, 6.07) is 9.75.